The van der Waals surface area contributed by atoms with Gasteiger partial charge in [0.05, 0.1) is 6.61 Å². The fourth-order valence-electron chi connectivity index (χ4n) is 4.99. The Hall–Kier alpha value is -4.27. The predicted octanol–water partition coefficient (Wildman–Crippen LogP) is 4.41. The number of ether oxygens (including phenoxy) is 2. The minimum atomic E-state index is -0.328. The van der Waals surface area contributed by atoms with E-state index in [4.69, 9.17) is 14.5 Å². The third kappa shape index (κ3) is 4.64. The zero-order valence-corrected chi connectivity index (χ0v) is 20.3. The van der Waals surface area contributed by atoms with Gasteiger partial charge in [0.15, 0.2) is 5.65 Å². The fourth-order valence-corrected chi connectivity index (χ4v) is 4.99. The third-order valence-corrected chi connectivity index (χ3v) is 6.97. The molecule has 0 unspecified atom stereocenters. The van der Waals surface area contributed by atoms with E-state index in [1.807, 2.05) is 47.0 Å². The Morgan fingerprint density at radius 2 is 2.00 bits per heavy atom. The summed E-state index contributed by atoms with van der Waals surface area (Å²) in [5.74, 6) is 1.33. The summed E-state index contributed by atoms with van der Waals surface area (Å²) in [4.78, 5) is 18.9. The van der Waals surface area contributed by atoms with E-state index >= 15 is 0 Å². The average Bonchev–Trinajstić information content (AvgIpc) is 3.62. The molecule has 37 heavy (non-hydrogen) atoms. The standard InChI is InChI=1S/C28H26FN5O3/c29-24-7-8-25-22(12-15-36-25)21(24)6-9-26-30-16-23(27-32-31-18-34(26)27)20-10-13-33(14-11-20)28(35)37-17-19-4-2-1-3-5-19/h1-5,7-8,10,16,18H,6,9,11-15,17H2. The maximum absolute atomic E-state index is 14.6. The molecule has 0 radical (unpaired) electrons. The van der Waals surface area contributed by atoms with Crippen molar-refractivity contribution in [3.05, 3.63) is 95.0 Å². The van der Waals surface area contributed by atoms with Crippen molar-refractivity contribution in [1.82, 2.24) is 24.5 Å². The second-order valence-corrected chi connectivity index (χ2v) is 9.18. The topological polar surface area (TPSA) is 81.8 Å². The molecule has 188 valence electrons. The predicted molar refractivity (Wildman–Crippen MR) is 135 cm³/mol. The van der Waals surface area contributed by atoms with Crippen molar-refractivity contribution in [3.8, 4) is 5.75 Å². The molecule has 0 N–H and O–H groups in total. The number of nitrogens with zero attached hydrogens (tertiary/aromatic N) is 5. The SMILES string of the molecule is O=C(OCc1ccccc1)N1CC=C(c2cnc(CCc3c(F)ccc4c3CCO4)n3cnnc23)CC1. The Labute approximate surface area is 213 Å². The number of rotatable bonds is 6. The number of hydrogen-bond acceptors (Lipinski definition) is 6. The summed E-state index contributed by atoms with van der Waals surface area (Å²) in [6, 6.07) is 12.8. The fraction of sp³-hybridized carbons (Fsp3) is 0.286. The summed E-state index contributed by atoms with van der Waals surface area (Å²) in [5, 5.41) is 8.45. The Morgan fingerprint density at radius 1 is 1.11 bits per heavy atom. The third-order valence-electron chi connectivity index (χ3n) is 6.97. The molecule has 2 aliphatic rings. The van der Waals surface area contributed by atoms with Crippen LogP contribution in [0.4, 0.5) is 9.18 Å². The van der Waals surface area contributed by atoms with Gasteiger partial charge in [0.1, 0.15) is 30.3 Å². The molecule has 0 fully saturated rings. The summed E-state index contributed by atoms with van der Waals surface area (Å²) in [6.07, 6.45) is 7.58. The van der Waals surface area contributed by atoms with Gasteiger partial charge in [-0.2, -0.15) is 0 Å². The van der Waals surface area contributed by atoms with Crippen LogP contribution in [0, 0.1) is 5.82 Å². The molecule has 0 saturated carbocycles. The van der Waals surface area contributed by atoms with E-state index in [-0.39, 0.29) is 18.5 Å². The second-order valence-electron chi connectivity index (χ2n) is 9.18. The van der Waals surface area contributed by atoms with Crippen LogP contribution in [0.25, 0.3) is 11.2 Å². The summed E-state index contributed by atoms with van der Waals surface area (Å²) in [7, 11) is 0. The molecule has 0 bridgehead atoms. The quantitative estimate of drug-likeness (QED) is 0.391. The van der Waals surface area contributed by atoms with Crippen molar-refractivity contribution in [1.29, 1.82) is 0 Å². The number of carbonyl (C=O) groups is 1. The van der Waals surface area contributed by atoms with Crippen molar-refractivity contribution < 1.29 is 18.7 Å². The van der Waals surface area contributed by atoms with E-state index in [0.29, 0.717) is 50.2 Å². The first-order valence-corrected chi connectivity index (χ1v) is 12.4. The molecule has 4 heterocycles. The van der Waals surface area contributed by atoms with Gasteiger partial charge >= 0.3 is 6.09 Å². The summed E-state index contributed by atoms with van der Waals surface area (Å²) < 4.78 is 27.5. The van der Waals surface area contributed by atoms with Crippen LogP contribution in [0.3, 0.4) is 0 Å². The number of fused-ring (bicyclic) bond motifs is 2. The van der Waals surface area contributed by atoms with Crippen LogP contribution in [-0.2, 0) is 30.6 Å². The van der Waals surface area contributed by atoms with Crippen molar-refractivity contribution in [2.75, 3.05) is 19.7 Å². The molecular formula is C28H26FN5O3. The molecule has 2 aromatic heterocycles. The van der Waals surface area contributed by atoms with Crippen LogP contribution in [0.5, 0.6) is 5.75 Å². The van der Waals surface area contributed by atoms with E-state index in [0.717, 1.165) is 40.3 Å². The lowest BCUT2D eigenvalue weighted by atomic mass is 9.99. The maximum Gasteiger partial charge on any atom is 0.410 e. The van der Waals surface area contributed by atoms with E-state index in [9.17, 15) is 9.18 Å². The molecule has 0 saturated heterocycles. The number of amides is 1. The normalized spacial score (nSPS) is 14.8. The molecule has 0 aliphatic carbocycles. The van der Waals surface area contributed by atoms with Crippen LogP contribution in [0.1, 0.15) is 34.5 Å². The molecule has 6 rings (SSSR count). The van der Waals surface area contributed by atoms with E-state index in [1.54, 1.807) is 17.3 Å². The van der Waals surface area contributed by atoms with Crippen LogP contribution < -0.4 is 4.74 Å². The van der Waals surface area contributed by atoms with Crippen molar-refractivity contribution in [2.24, 2.45) is 0 Å². The highest BCUT2D eigenvalue weighted by Gasteiger charge is 2.23. The van der Waals surface area contributed by atoms with Crippen LogP contribution in [0.15, 0.2) is 61.1 Å². The highest BCUT2D eigenvalue weighted by atomic mass is 19.1. The number of benzene rings is 2. The maximum atomic E-state index is 14.6. The Kier molecular flexibility index (Phi) is 6.26. The van der Waals surface area contributed by atoms with Gasteiger partial charge in [0.25, 0.3) is 0 Å². The summed E-state index contributed by atoms with van der Waals surface area (Å²) >= 11 is 0. The second kappa shape index (κ2) is 10.0. The molecule has 0 atom stereocenters. The molecule has 2 aliphatic heterocycles. The lowest BCUT2D eigenvalue weighted by Gasteiger charge is -2.26. The average molecular weight is 500 g/mol. The zero-order chi connectivity index (χ0) is 25.2. The number of carbonyl (C=O) groups excluding carboxylic acids is 1. The molecule has 9 heteroatoms. The summed E-state index contributed by atoms with van der Waals surface area (Å²) in [5.41, 5.74) is 5.26. The van der Waals surface area contributed by atoms with Gasteiger partial charge in [-0.15, -0.1) is 10.2 Å². The van der Waals surface area contributed by atoms with Gasteiger partial charge in [-0.3, -0.25) is 4.40 Å². The van der Waals surface area contributed by atoms with Gasteiger partial charge in [0, 0.05) is 43.3 Å². The van der Waals surface area contributed by atoms with Crippen molar-refractivity contribution in [3.63, 3.8) is 0 Å². The van der Waals surface area contributed by atoms with Crippen LogP contribution in [0.2, 0.25) is 0 Å². The molecule has 2 aromatic carbocycles. The molecule has 8 nitrogen and oxygen atoms in total. The number of aromatic nitrogens is 4. The lowest BCUT2D eigenvalue weighted by molar-refractivity contribution is 0.0998. The zero-order valence-electron chi connectivity index (χ0n) is 20.3. The minimum Gasteiger partial charge on any atom is -0.493 e. The Morgan fingerprint density at radius 3 is 2.84 bits per heavy atom. The molecule has 4 aromatic rings. The van der Waals surface area contributed by atoms with Gasteiger partial charge in [-0.05, 0) is 41.7 Å². The monoisotopic (exact) mass is 499 g/mol. The number of aryl methyl sites for hydroxylation is 1. The highest BCUT2D eigenvalue weighted by molar-refractivity contribution is 5.77. The molecule has 1 amide bonds. The molecular weight excluding hydrogens is 473 g/mol. The number of halogens is 1. The first kappa shape index (κ1) is 23.1. The Balaban J connectivity index is 1.15. The van der Waals surface area contributed by atoms with Gasteiger partial charge in [-0.25, -0.2) is 14.2 Å². The largest absolute Gasteiger partial charge is 0.493 e. The first-order valence-electron chi connectivity index (χ1n) is 12.4. The lowest BCUT2D eigenvalue weighted by Crippen LogP contribution is -2.35. The van der Waals surface area contributed by atoms with Crippen molar-refractivity contribution >= 4 is 17.3 Å². The van der Waals surface area contributed by atoms with Gasteiger partial charge in [0.2, 0.25) is 0 Å². The van der Waals surface area contributed by atoms with E-state index < -0.39 is 0 Å². The summed E-state index contributed by atoms with van der Waals surface area (Å²) in [6.45, 7) is 1.83. The van der Waals surface area contributed by atoms with E-state index in [2.05, 4.69) is 10.2 Å². The van der Waals surface area contributed by atoms with Gasteiger partial charge in [-0.1, -0.05) is 36.4 Å². The first-order chi connectivity index (χ1) is 18.2. The van der Waals surface area contributed by atoms with Crippen molar-refractivity contribution in [2.45, 2.75) is 32.3 Å². The smallest absolute Gasteiger partial charge is 0.410 e. The van der Waals surface area contributed by atoms with E-state index in [1.165, 1.54) is 6.07 Å². The highest BCUT2D eigenvalue weighted by Crippen LogP contribution is 2.31. The molecule has 0 spiro atoms. The van der Waals surface area contributed by atoms with Crippen LogP contribution >= 0.6 is 0 Å². The van der Waals surface area contributed by atoms with Crippen LogP contribution in [-0.4, -0.2) is 50.3 Å². The number of hydrogen-bond donors (Lipinski definition) is 0. The van der Waals surface area contributed by atoms with Gasteiger partial charge < -0.3 is 14.4 Å². The Bertz CT molecular complexity index is 1480. The minimum absolute atomic E-state index is 0.208.